The van der Waals surface area contributed by atoms with Crippen molar-refractivity contribution in [2.24, 2.45) is 17.6 Å². The van der Waals surface area contributed by atoms with Crippen LogP contribution in [0.1, 0.15) is 48.2 Å². The van der Waals surface area contributed by atoms with E-state index in [0.29, 0.717) is 37.4 Å². The summed E-state index contributed by atoms with van der Waals surface area (Å²) in [5.41, 5.74) is 8.15. The number of imidazole rings is 1. The number of thiocarbonyl (C=S) groups is 1. The fraction of sp³-hybridized carbons (Fsp3) is 0.419. The number of nitriles is 1. The summed E-state index contributed by atoms with van der Waals surface area (Å²) >= 11 is 5.61. The van der Waals surface area contributed by atoms with Gasteiger partial charge < -0.3 is 25.3 Å². The summed E-state index contributed by atoms with van der Waals surface area (Å²) < 4.78 is 48.6. The molecule has 12 heteroatoms. The Hall–Kier alpha value is -3.79. The second-order valence-electron chi connectivity index (χ2n) is 10.4. The molecule has 43 heavy (non-hydrogen) atoms. The van der Waals surface area contributed by atoms with Gasteiger partial charge in [0, 0.05) is 45.1 Å². The van der Waals surface area contributed by atoms with Crippen LogP contribution in [0.3, 0.4) is 0 Å². The molecule has 0 amide bonds. The zero-order valence-electron chi connectivity index (χ0n) is 24.5. The van der Waals surface area contributed by atoms with Crippen molar-refractivity contribution in [3.8, 4) is 6.07 Å². The molecular weight excluding hydrogens is 577 g/mol. The summed E-state index contributed by atoms with van der Waals surface area (Å²) in [6.07, 6.45) is -1.69. The maximum atomic E-state index is 14.0. The third-order valence-electron chi connectivity index (χ3n) is 7.45. The molecule has 0 fully saturated rings. The number of nitrogens with zero attached hydrogens (tertiary/aromatic N) is 4. The molecule has 0 saturated heterocycles. The number of ether oxygens (including phenoxy) is 1. The third-order valence-corrected chi connectivity index (χ3v) is 7.83. The van der Waals surface area contributed by atoms with E-state index in [0.717, 1.165) is 11.6 Å². The van der Waals surface area contributed by atoms with E-state index in [2.05, 4.69) is 16.4 Å². The van der Waals surface area contributed by atoms with Crippen molar-refractivity contribution in [3.63, 3.8) is 0 Å². The zero-order chi connectivity index (χ0) is 31.6. The molecule has 0 radical (unpaired) electrons. The van der Waals surface area contributed by atoms with Crippen molar-refractivity contribution in [3.05, 3.63) is 89.0 Å². The number of methoxy groups -OCH3 is 1. The number of carbonyl (C=O) groups excluding carboxylic acids is 1. The van der Waals surface area contributed by atoms with Crippen LogP contribution in [0.2, 0.25) is 0 Å². The second-order valence-corrected chi connectivity index (χ2v) is 10.8. The first kappa shape index (κ1) is 33.7. The number of carbonyl (C=O) groups is 1. The smallest absolute Gasteiger partial charge is 0.383 e. The van der Waals surface area contributed by atoms with E-state index in [1.54, 1.807) is 24.7 Å². The SMILES string of the molecule is CC[C@H](C)[C@H](C(=O)Cc1cncn1Cc1ccc(C#N)cc1)C(N)N(Cc1ccccc1C(F)(F)F)C(=S)NCCOC. The van der Waals surface area contributed by atoms with Crippen LogP contribution in [-0.4, -0.2) is 51.8 Å². The highest BCUT2D eigenvalue weighted by molar-refractivity contribution is 7.80. The van der Waals surface area contributed by atoms with Crippen LogP contribution in [0, 0.1) is 23.2 Å². The Morgan fingerprint density at radius 2 is 1.93 bits per heavy atom. The normalized spacial score (nSPS) is 13.5. The number of Topliss-reactive ketones (excluding diaryl/α,β-unsaturated/α-hetero) is 1. The van der Waals surface area contributed by atoms with E-state index in [9.17, 15) is 18.0 Å². The van der Waals surface area contributed by atoms with Gasteiger partial charge in [-0.25, -0.2) is 4.98 Å². The molecule has 0 aliphatic rings. The number of rotatable bonds is 14. The lowest BCUT2D eigenvalue weighted by Gasteiger charge is -2.38. The molecule has 2 aromatic carbocycles. The summed E-state index contributed by atoms with van der Waals surface area (Å²) in [7, 11) is 1.53. The maximum absolute atomic E-state index is 14.0. The predicted molar refractivity (Wildman–Crippen MR) is 162 cm³/mol. The van der Waals surface area contributed by atoms with Gasteiger partial charge in [-0.3, -0.25) is 4.79 Å². The molecular formula is C31H37F3N6O2S. The number of halogens is 3. The first-order chi connectivity index (χ1) is 20.5. The minimum Gasteiger partial charge on any atom is -0.383 e. The molecule has 3 atom stereocenters. The maximum Gasteiger partial charge on any atom is 0.416 e. The van der Waals surface area contributed by atoms with E-state index >= 15 is 0 Å². The van der Waals surface area contributed by atoms with E-state index in [-0.39, 0.29) is 35.3 Å². The van der Waals surface area contributed by atoms with E-state index in [1.165, 1.54) is 30.2 Å². The first-order valence-electron chi connectivity index (χ1n) is 13.9. The van der Waals surface area contributed by atoms with Crippen molar-refractivity contribution < 1.29 is 22.7 Å². The zero-order valence-corrected chi connectivity index (χ0v) is 25.3. The molecule has 3 rings (SSSR count). The van der Waals surface area contributed by atoms with Gasteiger partial charge in [-0.1, -0.05) is 50.6 Å². The molecule has 0 spiro atoms. The van der Waals surface area contributed by atoms with Crippen LogP contribution >= 0.6 is 12.2 Å². The number of nitrogens with two attached hydrogens (primary N) is 1. The Morgan fingerprint density at radius 3 is 2.56 bits per heavy atom. The van der Waals surface area contributed by atoms with Crippen LogP contribution in [0.15, 0.2) is 61.1 Å². The largest absolute Gasteiger partial charge is 0.416 e. The lowest BCUT2D eigenvalue weighted by atomic mass is 9.83. The summed E-state index contributed by atoms with van der Waals surface area (Å²) in [4.78, 5) is 19.7. The van der Waals surface area contributed by atoms with E-state index in [1.807, 2.05) is 30.5 Å². The molecule has 0 aliphatic heterocycles. The molecule has 1 unspecified atom stereocenters. The molecule has 3 aromatic rings. The molecule has 3 N–H and O–H groups in total. The summed E-state index contributed by atoms with van der Waals surface area (Å²) in [5.74, 6) is -1.11. The molecule has 8 nitrogen and oxygen atoms in total. The van der Waals surface area contributed by atoms with Gasteiger partial charge in [0.2, 0.25) is 0 Å². The van der Waals surface area contributed by atoms with Crippen molar-refractivity contribution >= 4 is 23.1 Å². The Labute approximate surface area is 255 Å². The van der Waals surface area contributed by atoms with Gasteiger partial charge in [0.15, 0.2) is 5.11 Å². The van der Waals surface area contributed by atoms with Crippen molar-refractivity contribution in [1.82, 2.24) is 19.8 Å². The fourth-order valence-corrected chi connectivity index (χ4v) is 5.19. The quantitative estimate of drug-likeness (QED) is 0.150. The van der Waals surface area contributed by atoms with E-state index < -0.39 is 23.8 Å². The third kappa shape index (κ3) is 9.10. The molecule has 0 bridgehead atoms. The lowest BCUT2D eigenvalue weighted by molar-refractivity contribution is -0.138. The number of hydrogen-bond donors (Lipinski definition) is 2. The topological polar surface area (TPSA) is 109 Å². The van der Waals surface area contributed by atoms with Crippen molar-refractivity contribution in [2.75, 3.05) is 20.3 Å². The van der Waals surface area contributed by atoms with Crippen molar-refractivity contribution in [1.29, 1.82) is 5.26 Å². The standard InChI is InChI=1S/C31H37F3N6O2S/c1-4-21(2)28(27(41)15-25-17-37-20-39(25)18-23-11-9-22(16-35)10-12-23)29(36)40(30(43)38-13-14-42-3)19-24-7-5-6-8-26(24)31(32,33)34/h5-12,17,20-21,28-29H,4,13-15,18-19,36H2,1-3H3,(H,38,43)/t21-,28+,29?/m0/s1. The number of alkyl halides is 3. The summed E-state index contributed by atoms with van der Waals surface area (Å²) in [5, 5.41) is 12.2. The number of aromatic nitrogens is 2. The number of hydrogen-bond acceptors (Lipinski definition) is 6. The van der Waals surface area contributed by atoms with E-state index in [4.69, 9.17) is 28.0 Å². The van der Waals surface area contributed by atoms with Crippen LogP contribution in [0.25, 0.3) is 0 Å². The Balaban J connectivity index is 1.91. The van der Waals surface area contributed by atoms with Gasteiger partial charge in [0.1, 0.15) is 5.78 Å². The lowest BCUT2D eigenvalue weighted by Crippen LogP contribution is -2.56. The van der Waals surface area contributed by atoms with Crippen LogP contribution in [0.4, 0.5) is 13.2 Å². The minimum atomic E-state index is -4.57. The van der Waals surface area contributed by atoms with Gasteiger partial charge in [-0.2, -0.15) is 18.4 Å². The Bertz CT molecular complexity index is 1400. The molecule has 230 valence electrons. The molecule has 1 aromatic heterocycles. The van der Waals surface area contributed by atoms with Crippen molar-refractivity contribution in [2.45, 2.75) is 52.1 Å². The minimum absolute atomic E-state index is 0.00261. The molecule has 0 aliphatic carbocycles. The van der Waals surface area contributed by atoms with Gasteiger partial charge in [0.25, 0.3) is 0 Å². The molecule has 1 heterocycles. The number of nitrogens with one attached hydrogen (secondary N) is 1. The average molecular weight is 615 g/mol. The fourth-order valence-electron chi connectivity index (χ4n) is 4.90. The van der Waals surface area contributed by atoms with Gasteiger partial charge in [-0.05, 0) is 47.5 Å². The highest BCUT2D eigenvalue weighted by Crippen LogP contribution is 2.33. The number of ketones is 1. The van der Waals surface area contributed by atoms with Crippen LogP contribution < -0.4 is 11.1 Å². The first-order valence-corrected chi connectivity index (χ1v) is 14.4. The predicted octanol–water partition coefficient (Wildman–Crippen LogP) is 4.90. The van der Waals surface area contributed by atoms with Gasteiger partial charge in [0.05, 0.1) is 42.2 Å². The second kappa shape index (κ2) is 15.6. The summed E-state index contributed by atoms with van der Waals surface area (Å²) in [6.45, 7) is 4.68. The monoisotopic (exact) mass is 614 g/mol. The molecule has 0 saturated carbocycles. The van der Waals surface area contributed by atoms with Crippen LogP contribution in [-0.2, 0) is 35.2 Å². The van der Waals surface area contributed by atoms with Crippen LogP contribution in [0.5, 0.6) is 0 Å². The van der Waals surface area contributed by atoms with Gasteiger partial charge in [-0.15, -0.1) is 0 Å². The Kier molecular flexibility index (Phi) is 12.2. The average Bonchev–Trinajstić information content (AvgIpc) is 3.41. The summed E-state index contributed by atoms with van der Waals surface area (Å²) in [6, 6.07) is 14.5. The van der Waals surface area contributed by atoms with Gasteiger partial charge >= 0.3 is 6.18 Å². The Morgan fingerprint density at radius 1 is 1.23 bits per heavy atom. The number of benzene rings is 2. The highest BCUT2D eigenvalue weighted by Gasteiger charge is 2.38. The highest BCUT2D eigenvalue weighted by atomic mass is 32.1.